The van der Waals surface area contributed by atoms with Gasteiger partial charge in [-0.3, -0.25) is 9.48 Å². The molecule has 3 aromatic rings. The molecule has 5 rings (SSSR count). The smallest absolute Gasteiger partial charge is 0.275 e. The van der Waals surface area contributed by atoms with Gasteiger partial charge in [-0.25, -0.2) is 0 Å². The highest BCUT2D eigenvalue weighted by Crippen LogP contribution is 2.27. The van der Waals surface area contributed by atoms with Crippen molar-refractivity contribution in [3.05, 3.63) is 41.7 Å². The van der Waals surface area contributed by atoms with Gasteiger partial charge in [0.15, 0.2) is 11.5 Å². The molecule has 0 aliphatic carbocycles. The zero-order valence-corrected chi connectivity index (χ0v) is 18.0. The van der Waals surface area contributed by atoms with Crippen LogP contribution in [-0.4, -0.2) is 57.0 Å². The van der Waals surface area contributed by atoms with E-state index in [9.17, 15) is 4.79 Å². The summed E-state index contributed by atoms with van der Waals surface area (Å²) in [5.74, 6) is 2.53. The average molecular weight is 424 g/mol. The fourth-order valence-corrected chi connectivity index (χ4v) is 4.76. The number of aryl methyl sites for hydroxylation is 2. The number of hydrogen-bond acceptors (Lipinski definition) is 6. The normalized spacial score (nSPS) is 18.7. The summed E-state index contributed by atoms with van der Waals surface area (Å²) in [6, 6.07) is 7.90. The Kier molecular flexibility index (Phi) is 5.72. The Bertz CT molecular complexity index is 1040. The molecule has 164 valence electrons. The Labute approximate surface area is 181 Å². The second kappa shape index (κ2) is 8.78. The highest BCUT2D eigenvalue weighted by Gasteiger charge is 2.27. The summed E-state index contributed by atoms with van der Waals surface area (Å²) in [5.41, 5.74) is 1.55. The summed E-state index contributed by atoms with van der Waals surface area (Å²) in [6.45, 7) is 3.09. The third-order valence-electron chi connectivity index (χ3n) is 6.69. The van der Waals surface area contributed by atoms with Crippen molar-refractivity contribution in [3.63, 3.8) is 0 Å². The highest BCUT2D eigenvalue weighted by molar-refractivity contribution is 6.04. The fourth-order valence-electron chi connectivity index (χ4n) is 4.76. The predicted molar refractivity (Wildman–Crippen MR) is 115 cm³/mol. The van der Waals surface area contributed by atoms with Gasteiger partial charge in [0, 0.05) is 51.1 Å². The van der Waals surface area contributed by atoms with Crippen LogP contribution < -0.4 is 0 Å². The lowest BCUT2D eigenvalue weighted by atomic mass is 9.92. The second-order valence-corrected chi connectivity index (χ2v) is 8.70. The summed E-state index contributed by atoms with van der Waals surface area (Å²) in [4.78, 5) is 19.6. The molecule has 0 bridgehead atoms. The number of hydrogen-bond donors (Lipinski definition) is 0. The van der Waals surface area contributed by atoms with E-state index in [1.54, 1.807) is 4.68 Å². The van der Waals surface area contributed by atoms with Crippen molar-refractivity contribution in [3.8, 4) is 0 Å². The van der Waals surface area contributed by atoms with Crippen molar-refractivity contribution in [1.29, 1.82) is 0 Å². The minimum absolute atomic E-state index is 0.0366. The number of aromatic nitrogens is 4. The number of para-hydroxylation sites is 1. The van der Waals surface area contributed by atoms with E-state index < -0.39 is 0 Å². The van der Waals surface area contributed by atoms with Crippen molar-refractivity contribution in [2.45, 2.75) is 44.4 Å². The number of likely N-dealkylation sites (tertiary alicyclic amines) is 1. The van der Waals surface area contributed by atoms with Gasteiger partial charge in [-0.15, -0.1) is 0 Å². The number of rotatable bonds is 5. The summed E-state index contributed by atoms with van der Waals surface area (Å²) >= 11 is 0. The van der Waals surface area contributed by atoms with Crippen LogP contribution in [0.1, 0.15) is 60.2 Å². The van der Waals surface area contributed by atoms with Gasteiger partial charge < -0.3 is 14.2 Å². The molecule has 1 amide bonds. The van der Waals surface area contributed by atoms with Gasteiger partial charge in [-0.2, -0.15) is 10.1 Å². The molecule has 2 aromatic heterocycles. The van der Waals surface area contributed by atoms with Crippen molar-refractivity contribution in [2.24, 2.45) is 13.0 Å². The van der Waals surface area contributed by atoms with E-state index in [0.29, 0.717) is 17.5 Å². The quantitative estimate of drug-likeness (QED) is 0.626. The molecule has 0 radical (unpaired) electrons. The van der Waals surface area contributed by atoms with Gasteiger partial charge in [0.2, 0.25) is 5.89 Å². The molecule has 0 N–H and O–H groups in total. The Morgan fingerprint density at radius 1 is 1.13 bits per heavy atom. The van der Waals surface area contributed by atoms with Gasteiger partial charge in [-0.1, -0.05) is 23.4 Å². The van der Waals surface area contributed by atoms with E-state index in [4.69, 9.17) is 9.26 Å². The minimum Gasteiger partial charge on any atom is -0.381 e. The molecule has 31 heavy (non-hydrogen) atoms. The largest absolute Gasteiger partial charge is 0.381 e. The van der Waals surface area contributed by atoms with Gasteiger partial charge in [0.25, 0.3) is 5.91 Å². The van der Waals surface area contributed by atoms with Crippen LogP contribution in [0.5, 0.6) is 0 Å². The Morgan fingerprint density at radius 2 is 1.90 bits per heavy atom. The number of carbonyl (C=O) groups excluding carboxylic acids is 1. The zero-order valence-electron chi connectivity index (χ0n) is 18.0. The lowest BCUT2D eigenvalue weighted by Gasteiger charge is -2.31. The molecule has 8 nitrogen and oxygen atoms in total. The Balaban J connectivity index is 1.14. The molecular formula is C23H29N5O3. The maximum atomic E-state index is 13.1. The zero-order chi connectivity index (χ0) is 21.2. The second-order valence-electron chi connectivity index (χ2n) is 8.70. The molecule has 2 saturated heterocycles. The molecule has 0 unspecified atom stereocenters. The third-order valence-corrected chi connectivity index (χ3v) is 6.69. The van der Waals surface area contributed by atoms with Crippen molar-refractivity contribution in [2.75, 3.05) is 26.3 Å². The first-order valence-corrected chi connectivity index (χ1v) is 11.3. The molecule has 2 aliphatic heterocycles. The summed E-state index contributed by atoms with van der Waals surface area (Å²) in [7, 11) is 1.89. The first kappa shape index (κ1) is 20.2. The average Bonchev–Trinajstić information content (AvgIpc) is 3.43. The molecule has 1 aromatic carbocycles. The van der Waals surface area contributed by atoms with Crippen LogP contribution in [0.15, 0.2) is 28.8 Å². The maximum Gasteiger partial charge on any atom is 0.275 e. The molecule has 0 atom stereocenters. The van der Waals surface area contributed by atoms with Crippen molar-refractivity contribution < 1.29 is 14.1 Å². The summed E-state index contributed by atoms with van der Waals surface area (Å²) in [5, 5.41) is 9.60. The molecular weight excluding hydrogens is 394 g/mol. The SMILES string of the molecule is Cn1nc(C(=O)N2CCC(CCc3noc(C4CCOCC4)n3)CC2)c2ccccc21. The maximum absolute atomic E-state index is 13.1. The molecule has 2 aliphatic rings. The molecule has 2 fully saturated rings. The van der Waals surface area contributed by atoms with E-state index in [2.05, 4.69) is 15.2 Å². The minimum atomic E-state index is 0.0366. The number of piperidine rings is 1. The van der Waals surface area contributed by atoms with E-state index in [1.807, 2.05) is 36.2 Å². The van der Waals surface area contributed by atoms with Crippen LogP contribution in [0.4, 0.5) is 0 Å². The number of amides is 1. The van der Waals surface area contributed by atoms with Crippen LogP contribution in [0.3, 0.4) is 0 Å². The van der Waals surface area contributed by atoms with E-state index in [0.717, 1.165) is 87.4 Å². The van der Waals surface area contributed by atoms with Crippen molar-refractivity contribution >= 4 is 16.8 Å². The van der Waals surface area contributed by atoms with E-state index in [-0.39, 0.29) is 5.91 Å². The van der Waals surface area contributed by atoms with Crippen LogP contribution in [0.2, 0.25) is 0 Å². The Morgan fingerprint density at radius 3 is 2.71 bits per heavy atom. The number of carbonyl (C=O) groups is 1. The van der Waals surface area contributed by atoms with Crippen LogP contribution in [-0.2, 0) is 18.2 Å². The third kappa shape index (κ3) is 4.21. The number of ether oxygens (including phenoxy) is 1. The number of fused-ring (bicyclic) bond motifs is 1. The predicted octanol–water partition coefficient (Wildman–Crippen LogP) is 3.34. The lowest BCUT2D eigenvalue weighted by Crippen LogP contribution is -2.38. The Hall–Kier alpha value is -2.74. The first-order chi connectivity index (χ1) is 15.2. The molecule has 0 saturated carbocycles. The first-order valence-electron chi connectivity index (χ1n) is 11.3. The highest BCUT2D eigenvalue weighted by atomic mass is 16.5. The van der Waals surface area contributed by atoms with Crippen molar-refractivity contribution in [1.82, 2.24) is 24.8 Å². The van der Waals surface area contributed by atoms with Crippen LogP contribution in [0.25, 0.3) is 10.9 Å². The molecule has 8 heteroatoms. The van der Waals surface area contributed by atoms with Gasteiger partial charge in [0.1, 0.15) is 0 Å². The van der Waals surface area contributed by atoms with Gasteiger partial charge >= 0.3 is 0 Å². The van der Waals surface area contributed by atoms with Gasteiger partial charge in [0.05, 0.1) is 5.52 Å². The topological polar surface area (TPSA) is 86.3 Å². The lowest BCUT2D eigenvalue weighted by molar-refractivity contribution is 0.0681. The van der Waals surface area contributed by atoms with Crippen LogP contribution in [0, 0.1) is 5.92 Å². The van der Waals surface area contributed by atoms with E-state index >= 15 is 0 Å². The summed E-state index contributed by atoms with van der Waals surface area (Å²) in [6.07, 6.45) is 5.78. The van der Waals surface area contributed by atoms with E-state index in [1.165, 1.54) is 0 Å². The van der Waals surface area contributed by atoms with Gasteiger partial charge in [-0.05, 0) is 44.1 Å². The standard InChI is InChI=1S/C23H29N5O3/c1-27-19-5-3-2-4-18(19)21(25-27)23(29)28-12-8-16(9-13-28)6-7-20-24-22(31-26-20)17-10-14-30-15-11-17/h2-5,16-17H,6-15H2,1H3. The molecule has 0 spiro atoms. The molecule has 4 heterocycles. The fraction of sp³-hybridized carbons (Fsp3) is 0.565. The number of benzene rings is 1. The summed E-state index contributed by atoms with van der Waals surface area (Å²) < 4.78 is 12.7. The monoisotopic (exact) mass is 423 g/mol. The van der Waals surface area contributed by atoms with Crippen LogP contribution >= 0.6 is 0 Å². The number of nitrogens with zero attached hydrogens (tertiary/aromatic N) is 5.